The number of aromatic nitrogens is 1. The second-order valence-corrected chi connectivity index (χ2v) is 7.68. The second-order valence-electron chi connectivity index (χ2n) is 5.75. The summed E-state index contributed by atoms with van der Waals surface area (Å²) in [5.74, 6) is -0.0958. The molecule has 2 fully saturated rings. The molecule has 0 saturated carbocycles. The quantitative estimate of drug-likeness (QED) is 0.804. The topological polar surface area (TPSA) is 70.6 Å². The molecule has 3 heterocycles. The number of likely N-dealkylation sites (tertiary alicyclic amines) is 1. The summed E-state index contributed by atoms with van der Waals surface area (Å²) in [5, 5.41) is 0. The standard InChI is InChI=1S/C14H19N3O3S/c1-10-4-3-5-11(15-10)14(18)16-8-6-13-12(16)7-9-17(13)21(2,19)20/h3-5,12-13H,6-9H2,1-2H3/t12-,13+/m0/s1. The fourth-order valence-electron chi connectivity index (χ4n) is 3.42. The van der Waals surface area contributed by atoms with E-state index in [1.54, 1.807) is 11.0 Å². The Morgan fingerprint density at radius 1 is 1.24 bits per heavy atom. The lowest BCUT2D eigenvalue weighted by Crippen LogP contribution is -2.41. The number of hydrogen-bond donors (Lipinski definition) is 0. The Hall–Kier alpha value is -1.47. The molecule has 0 N–H and O–H groups in total. The van der Waals surface area contributed by atoms with Crippen LogP contribution in [-0.4, -0.2) is 59.9 Å². The zero-order valence-electron chi connectivity index (χ0n) is 12.2. The van der Waals surface area contributed by atoms with Gasteiger partial charge in [0.15, 0.2) is 0 Å². The molecule has 3 rings (SSSR count). The average Bonchev–Trinajstić information content (AvgIpc) is 2.97. The molecule has 1 amide bonds. The molecule has 0 radical (unpaired) electrons. The van der Waals surface area contributed by atoms with Crippen molar-refractivity contribution in [2.45, 2.75) is 31.8 Å². The van der Waals surface area contributed by atoms with Gasteiger partial charge < -0.3 is 4.90 Å². The van der Waals surface area contributed by atoms with E-state index in [0.29, 0.717) is 31.6 Å². The third kappa shape index (κ3) is 2.55. The van der Waals surface area contributed by atoms with E-state index in [2.05, 4.69) is 4.98 Å². The number of fused-ring (bicyclic) bond motifs is 1. The molecule has 0 aromatic carbocycles. The van der Waals surface area contributed by atoms with E-state index < -0.39 is 10.0 Å². The minimum atomic E-state index is -3.20. The van der Waals surface area contributed by atoms with E-state index >= 15 is 0 Å². The van der Waals surface area contributed by atoms with Gasteiger partial charge in [0.1, 0.15) is 5.69 Å². The molecule has 0 unspecified atom stereocenters. The number of carbonyl (C=O) groups is 1. The Morgan fingerprint density at radius 3 is 2.62 bits per heavy atom. The van der Waals surface area contributed by atoms with Gasteiger partial charge in [0.2, 0.25) is 10.0 Å². The van der Waals surface area contributed by atoms with Crippen molar-refractivity contribution < 1.29 is 13.2 Å². The van der Waals surface area contributed by atoms with Crippen molar-refractivity contribution in [3.63, 3.8) is 0 Å². The molecule has 2 aliphatic rings. The van der Waals surface area contributed by atoms with Gasteiger partial charge in [-0.25, -0.2) is 13.4 Å². The lowest BCUT2D eigenvalue weighted by atomic mass is 10.1. The van der Waals surface area contributed by atoms with Crippen molar-refractivity contribution in [1.29, 1.82) is 0 Å². The van der Waals surface area contributed by atoms with Gasteiger partial charge in [0.25, 0.3) is 5.91 Å². The molecule has 0 bridgehead atoms. The minimum absolute atomic E-state index is 0.0189. The van der Waals surface area contributed by atoms with Crippen molar-refractivity contribution in [2.75, 3.05) is 19.3 Å². The van der Waals surface area contributed by atoms with Gasteiger partial charge in [0, 0.05) is 24.8 Å². The zero-order chi connectivity index (χ0) is 15.2. The molecular weight excluding hydrogens is 290 g/mol. The molecule has 0 aliphatic carbocycles. The first-order valence-electron chi connectivity index (χ1n) is 7.09. The number of sulfonamides is 1. The van der Waals surface area contributed by atoms with E-state index in [1.807, 2.05) is 19.1 Å². The third-order valence-electron chi connectivity index (χ3n) is 4.32. The summed E-state index contributed by atoms with van der Waals surface area (Å²) in [4.78, 5) is 18.7. The van der Waals surface area contributed by atoms with Crippen LogP contribution in [0.2, 0.25) is 0 Å². The van der Waals surface area contributed by atoms with Crippen LogP contribution < -0.4 is 0 Å². The van der Waals surface area contributed by atoms with Crippen LogP contribution in [0.3, 0.4) is 0 Å². The first-order valence-corrected chi connectivity index (χ1v) is 8.94. The maximum absolute atomic E-state index is 12.6. The minimum Gasteiger partial charge on any atom is -0.333 e. The van der Waals surface area contributed by atoms with Crippen molar-refractivity contribution in [3.05, 3.63) is 29.6 Å². The summed E-state index contributed by atoms with van der Waals surface area (Å²) in [6.45, 7) is 2.94. The smallest absolute Gasteiger partial charge is 0.272 e. The van der Waals surface area contributed by atoms with E-state index in [1.165, 1.54) is 10.6 Å². The molecule has 2 saturated heterocycles. The van der Waals surface area contributed by atoms with Crippen LogP contribution in [0.15, 0.2) is 18.2 Å². The Labute approximate surface area is 124 Å². The highest BCUT2D eigenvalue weighted by Gasteiger charge is 2.47. The van der Waals surface area contributed by atoms with Gasteiger partial charge in [-0.1, -0.05) is 6.07 Å². The van der Waals surface area contributed by atoms with Crippen LogP contribution >= 0.6 is 0 Å². The summed E-state index contributed by atoms with van der Waals surface area (Å²) >= 11 is 0. The van der Waals surface area contributed by atoms with Crippen molar-refractivity contribution in [1.82, 2.24) is 14.2 Å². The van der Waals surface area contributed by atoms with Crippen LogP contribution in [0.5, 0.6) is 0 Å². The number of aryl methyl sites for hydroxylation is 1. The van der Waals surface area contributed by atoms with E-state index in [0.717, 1.165) is 5.69 Å². The van der Waals surface area contributed by atoms with Gasteiger partial charge in [-0.05, 0) is 31.9 Å². The maximum Gasteiger partial charge on any atom is 0.272 e. The van der Waals surface area contributed by atoms with Gasteiger partial charge in [-0.15, -0.1) is 0 Å². The summed E-state index contributed by atoms with van der Waals surface area (Å²) in [5.41, 5.74) is 1.24. The normalized spacial score (nSPS) is 26.1. The Morgan fingerprint density at radius 2 is 1.95 bits per heavy atom. The fraction of sp³-hybridized carbons (Fsp3) is 0.571. The van der Waals surface area contributed by atoms with Gasteiger partial charge in [-0.3, -0.25) is 4.79 Å². The van der Waals surface area contributed by atoms with Crippen LogP contribution in [0, 0.1) is 6.92 Å². The van der Waals surface area contributed by atoms with Gasteiger partial charge in [-0.2, -0.15) is 4.31 Å². The molecule has 2 aliphatic heterocycles. The lowest BCUT2D eigenvalue weighted by molar-refractivity contribution is 0.0729. The number of pyridine rings is 1. The van der Waals surface area contributed by atoms with E-state index in [9.17, 15) is 13.2 Å². The molecule has 1 aromatic rings. The summed E-state index contributed by atoms with van der Waals surface area (Å²) < 4.78 is 25.1. The monoisotopic (exact) mass is 309 g/mol. The molecule has 6 nitrogen and oxygen atoms in total. The summed E-state index contributed by atoms with van der Waals surface area (Å²) in [7, 11) is -3.20. The summed E-state index contributed by atoms with van der Waals surface area (Å²) in [6, 6.07) is 5.29. The SMILES string of the molecule is Cc1cccc(C(=O)N2CC[C@@H]3[C@@H]2CCN3S(C)(=O)=O)n1. The fourth-order valence-corrected chi connectivity index (χ4v) is 4.59. The number of amides is 1. The first-order chi connectivity index (χ1) is 9.88. The van der Waals surface area contributed by atoms with Gasteiger partial charge >= 0.3 is 0 Å². The highest BCUT2D eigenvalue weighted by atomic mass is 32.2. The Bertz CT molecular complexity index is 674. The van der Waals surface area contributed by atoms with Gasteiger partial charge in [0.05, 0.1) is 12.3 Å². The molecule has 0 spiro atoms. The zero-order valence-corrected chi connectivity index (χ0v) is 13.0. The van der Waals surface area contributed by atoms with E-state index in [-0.39, 0.29) is 18.0 Å². The Kier molecular flexibility index (Phi) is 3.49. The maximum atomic E-state index is 12.6. The molecule has 7 heteroatoms. The molecule has 2 atom stereocenters. The first kappa shape index (κ1) is 14.5. The largest absolute Gasteiger partial charge is 0.333 e. The third-order valence-corrected chi connectivity index (χ3v) is 5.63. The van der Waals surface area contributed by atoms with Crippen LogP contribution in [0.25, 0.3) is 0 Å². The van der Waals surface area contributed by atoms with Crippen molar-refractivity contribution in [2.24, 2.45) is 0 Å². The summed E-state index contributed by atoms with van der Waals surface area (Å²) in [6.07, 6.45) is 2.65. The van der Waals surface area contributed by atoms with Crippen LogP contribution in [-0.2, 0) is 10.0 Å². The molecule has 21 heavy (non-hydrogen) atoms. The van der Waals surface area contributed by atoms with Crippen LogP contribution in [0.4, 0.5) is 0 Å². The second kappa shape index (κ2) is 5.06. The average molecular weight is 309 g/mol. The van der Waals surface area contributed by atoms with Crippen molar-refractivity contribution >= 4 is 15.9 Å². The number of hydrogen-bond acceptors (Lipinski definition) is 4. The molecular formula is C14H19N3O3S. The lowest BCUT2D eigenvalue weighted by Gasteiger charge is -2.24. The Balaban J connectivity index is 1.82. The number of rotatable bonds is 2. The number of nitrogens with zero attached hydrogens (tertiary/aromatic N) is 3. The number of carbonyl (C=O) groups excluding carboxylic acids is 1. The van der Waals surface area contributed by atoms with Crippen molar-refractivity contribution in [3.8, 4) is 0 Å². The molecule has 114 valence electrons. The predicted molar refractivity (Wildman–Crippen MR) is 78.4 cm³/mol. The highest BCUT2D eigenvalue weighted by molar-refractivity contribution is 7.88. The van der Waals surface area contributed by atoms with E-state index in [4.69, 9.17) is 0 Å². The molecule has 1 aromatic heterocycles. The van der Waals surface area contributed by atoms with Crippen LogP contribution in [0.1, 0.15) is 29.0 Å². The highest BCUT2D eigenvalue weighted by Crippen LogP contribution is 2.33. The predicted octanol–water partition coefficient (Wildman–Crippen LogP) is 0.638.